The van der Waals surface area contributed by atoms with E-state index in [1.807, 2.05) is 6.07 Å². The molecule has 0 aliphatic heterocycles. The van der Waals surface area contributed by atoms with E-state index in [4.69, 9.17) is 4.52 Å². The minimum Gasteiger partial charge on any atom is -0.480 e. The Morgan fingerprint density at radius 2 is 1.97 bits per heavy atom. The van der Waals surface area contributed by atoms with Crippen LogP contribution in [0.5, 0.6) is 0 Å². The molecule has 1 amide bonds. The highest BCUT2D eigenvalue weighted by molar-refractivity contribution is 7.22. The van der Waals surface area contributed by atoms with Gasteiger partial charge in [-0.2, -0.15) is 0 Å². The van der Waals surface area contributed by atoms with Crippen molar-refractivity contribution >= 4 is 44.2 Å². The molecule has 4 aromatic rings. The zero-order valence-electron chi connectivity index (χ0n) is 17.1. The summed E-state index contributed by atoms with van der Waals surface area (Å²) in [5, 5.41) is 19.4. The van der Waals surface area contributed by atoms with Gasteiger partial charge in [0.1, 0.15) is 17.6 Å². The summed E-state index contributed by atoms with van der Waals surface area (Å²) in [5.41, 5.74) is 2.52. The van der Waals surface area contributed by atoms with Gasteiger partial charge < -0.3 is 20.3 Å². The van der Waals surface area contributed by atoms with E-state index < -0.39 is 17.9 Å². The van der Waals surface area contributed by atoms with Gasteiger partial charge in [-0.15, -0.1) is 0 Å². The first kappa shape index (κ1) is 21.4. The molecule has 0 unspecified atom stereocenters. The number of carboxylic acid groups (broad SMARTS) is 1. The molecule has 8 nitrogen and oxygen atoms in total. The van der Waals surface area contributed by atoms with Gasteiger partial charge in [0, 0.05) is 17.3 Å². The summed E-state index contributed by atoms with van der Waals surface area (Å²) in [6, 6.07) is 12.1. The molecule has 0 fully saturated rings. The molecule has 10 heteroatoms. The quantitative estimate of drug-likeness (QED) is 0.371. The molecule has 2 aromatic heterocycles. The molecule has 0 radical (unpaired) electrons. The highest BCUT2D eigenvalue weighted by Gasteiger charge is 2.26. The molecular formula is C22H19FN4O4S. The van der Waals surface area contributed by atoms with Gasteiger partial charge in [-0.05, 0) is 36.2 Å². The first-order chi connectivity index (χ1) is 15.3. The van der Waals surface area contributed by atoms with E-state index in [-0.39, 0.29) is 17.5 Å². The number of anilines is 2. The molecule has 0 saturated carbocycles. The van der Waals surface area contributed by atoms with E-state index >= 15 is 0 Å². The molecule has 1 atom stereocenters. The second-order valence-corrected chi connectivity index (χ2v) is 8.48. The Kier molecular flexibility index (Phi) is 5.87. The summed E-state index contributed by atoms with van der Waals surface area (Å²) in [7, 11) is 0. The van der Waals surface area contributed by atoms with Gasteiger partial charge in [-0.3, -0.25) is 4.79 Å². The third kappa shape index (κ3) is 4.59. The van der Waals surface area contributed by atoms with Crippen molar-refractivity contribution in [1.29, 1.82) is 0 Å². The molecule has 0 bridgehead atoms. The lowest BCUT2D eigenvalue weighted by Crippen LogP contribution is -2.44. The van der Waals surface area contributed by atoms with Gasteiger partial charge in [0.05, 0.1) is 10.2 Å². The van der Waals surface area contributed by atoms with E-state index in [0.717, 1.165) is 10.4 Å². The fraction of sp³-hybridized carbons (Fsp3) is 0.182. The van der Waals surface area contributed by atoms with Crippen LogP contribution in [0.15, 0.2) is 53.1 Å². The van der Waals surface area contributed by atoms with E-state index in [1.54, 1.807) is 38.1 Å². The number of thiazole rings is 1. The number of fused-ring (bicyclic) bond motifs is 1. The lowest BCUT2D eigenvalue weighted by molar-refractivity contribution is -0.140. The molecule has 2 heterocycles. The van der Waals surface area contributed by atoms with Crippen molar-refractivity contribution in [2.75, 3.05) is 5.32 Å². The van der Waals surface area contributed by atoms with Crippen molar-refractivity contribution in [2.45, 2.75) is 19.9 Å². The van der Waals surface area contributed by atoms with Crippen LogP contribution in [0.25, 0.3) is 21.5 Å². The number of benzene rings is 2. The zero-order chi connectivity index (χ0) is 22.8. The van der Waals surface area contributed by atoms with E-state index in [2.05, 4.69) is 20.8 Å². The standard InChI is InChI=1S/C22H19FN4O4S/c1-11(2)19(21(29)30)26-20(28)17-10-16(27-31-17)12-4-3-5-14(8-12)24-22-25-15-7-6-13(23)9-18(15)32-22/h3-11,19H,1-2H3,(H,24,25)(H,26,28)(H,29,30)/t19-/m0/s1. The Morgan fingerprint density at radius 1 is 1.16 bits per heavy atom. The number of nitrogens with zero attached hydrogens (tertiary/aromatic N) is 2. The third-order valence-corrected chi connectivity index (χ3v) is 5.65. The summed E-state index contributed by atoms with van der Waals surface area (Å²) in [4.78, 5) is 28.1. The van der Waals surface area contributed by atoms with Crippen LogP contribution in [-0.4, -0.2) is 33.2 Å². The molecule has 3 N–H and O–H groups in total. The van der Waals surface area contributed by atoms with Gasteiger partial charge in [0.2, 0.25) is 5.76 Å². The fourth-order valence-electron chi connectivity index (χ4n) is 3.08. The molecule has 2 aromatic carbocycles. The van der Waals surface area contributed by atoms with Gasteiger partial charge in [0.25, 0.3) is 5.91 Å². The van der Waals surface area contributed by atoms with Crippen LogP contribution in [0.2, 0.25) is 0 Å². The molecule has 0 saturated heterocycles. The normalized spacial score (nSPS) is 12.1. The predicted molar refractivity (Wildman–Crippen MR) is 119 cm³/mol. The fourth-order valence-corrected chi connectivity index (χ4v) is 3.99. The Labute approximate surface area is 186 Å². The number of hydrogen-bond donors (Lipinski definition) is 3. The van der Waals surface area contributed by atoms with E-state index in [0.29, 0.717) is 21.9 Å². The Balaban J connectivity index is 1.51. The monoisotopic (exact) mass is 454 g/mol. The highest BCUT2D eigenvalue weighted by Crippen LogP contribution is 2.30. The number of hydrogen-bond acceptors (Lipinski definition) is 7. The summed E-state index contributed by atoms with van der Waals surface area (Å²) in [6.07, 6.45) is 0. The largest absolute Gasteiger partial charge is 0.480 e. The minimum absolute atomic E-state index is 0.0848. The zero-order valence-corrected chi connectivity index (χ0v) is 17.9. The predicted octanol–water partition coefficient (Wildman–Crippen LogP) is 4.67. The van der Waals surface area contributed by atoms with Crippen LogP contribution in [0.3, 0.4) is 0 Å². The Morgan fingerprint density at radius 3 is 2.72 bits per heavy atom. The number of carboxylic acids is 1. The van der Waals surface area contributed by atoms with E-state index in [1.165, 1.54) is 29.5 Å². The van der Waals surface area contributed by atoms with Crippen molar-refractivity contribution in [3.8, 4) is 11.3 Å². The van der Waals surface area contributed by atoms with E-state index in [9.17, 15) is 19.1 Å². The number of halogens is 1. The second-order valence-electron chi connectivity index (χ2n) is 7.45. The van der Waals surface area contributed by atoms with Crippen molar-refractivity contribution in [2.24, 2.45) is 5.92 Å². The molecule has 0 aliphatic rings. The molecule has 0 spiro atoms. The maximum Gasteiger partial charge on any atom is 0.326 e. The summed E-state index contributed by atoms with van der Waals surface area (Å²) >= 11 is 1.33. The lowest BCUT2D eigenvalue weighted by Gasteiger charge is -2.16. The molecule has 0 aliphatic carbocycles. The number of carbonyl (C=O) groups is 2. The number of aromatic nitrogens is 2. The van der Waals surface area contributed by atoms with Crippen LogP contribution < -0.4 is 10.6 Å². The summed E-state index contributed by atoms with van der Waals surface area (Å²) in [5.74, 6) is -2.46. The molecule has 32 heavy (non-hydrogen) atoms. The average molecular weight is 454 g/mol. The van der Waals surface area contributed by atoms with Crippen LogP contribution in [0.4, 0.5) is 15.2 Å². The number of carbonyl (C=O) groups excluding carboxylic acids is 1. The van der Waals surface area contributed by atoms with Crippen molar-refractivity contribution in [1.82, 2.24) is 15.5 Å². The average Bonchev–Trinajstić information content (AvgIpc) is 3.38. The van der Waals surface area contributed by atoms with Crippen molar-refractivity contribution < 1.29 is 23.6 Å². The Hall–Kier alpha value is -3.79. The van der Waals surface area contributed by atoms with Crippen LogP contribution in [0, 0.1) is 11.7 Å². The maximum absolute atomic E-state index is 13.4. The number of rotatable bonds is 7. The lowest BCUT2D eigenvalue weighted by atomic mass is 10.0. The second kappa shape index (κ2) is 8.75. The van der Waals surface area contributed by atoms with Gasteiger partial charge in [0.15, 0.2) is 5.13 Å². The topological polar surface area (TPSA) is 117 Å². The molecular weight excluding hydrogens is 435 g/mol. The molecule has 164 valence electrons. The Bertz CT molecular complexity index is 1300. The third-order valence-electron chi connectivity index (χ3n) is 4.71. The van der Waals surface area contributed by atoms with Crippen LogP contribution in [-0.2, 0) is 4.79 Å². The highest BCUT2D eigenvalue weighted by atomic mass is 32.1. The first-order valence-corrected chi connectivity index (χ1v) is 10.6. The maximum atomic E-state index is 13.4. The SMILES string of the molecule is CC(C)[C@H](NC(=O)c1cc(-c2cccc(Nc3nc4ccc(F)cc4s3)c2)no1)C(=O)O. The summed E-state index contributed by atoms with van der Waals surface area (Å²) in [6.45, 7) is 3.40. The minimum atomic E-state index is -1.12. The first-order valence-electron chi connectivity index (χ1n) is 9.74. The molecule has 4 rings (SSSR count). The van der Waals surface area contributed by atoms with Crippen LogP contribution in [0.1, 0.15) is 24.4 Å². The van der Waals surface area contributed by atoms with Crippen molar-refractivity contribution in [3.05, 3.63) is 60.1 Å². The van der Waals surface area contributed by atoms with Crippen LogP contribution >= 0.6 is 11.3 Å². The van der Waals surface area contributed by atoms with Gasteiger partial charge >= 0.3 is 5.97 Å². The number of nitrogens with one attached hydrogen (secondary N) is 2. The number of amides is 1. The van der Waals surface area contributed by atoms with Gasteiger partial charge in [-0.1, -0.05) is 42.5 Å². The smallest absolute Gasteiger partial charge is 0.326 e. The number of aliphatic carboxylic acids is 1. The summed E-state index contributed by atoms with van der Waals surface area (Å²) < 4.78 is 19.3. The van der Waals surface area contributed by atoms with Gasteiger partial charge in [-0.25, -0.2) is 14.2 Å². The van der Waals surface area contributed by atoms with Crippen molar-refractivity contribution in [3.63, 3.8) is 0 Å².